The molecule has 22 heavy (non-hydrogen) atoms. The normalized spacial score (nSPS) is 18.7. The van der Waals surface area contributed by atoms with E-state index in [1.54, 1.807) is 6.20 Å². The van der Waals surface area contributed by atoms with Crippen molar-refractivity contribution < 1.29 is 4.74 Å². The van der Waals surface area contributed by atoms with Crippen molar-refractivity contribution in [1.82, 2.24) is 14.5 Å². The summed E-state index contributed by atoms with van der Waals surface area (Å²) in [5.41, 5.74) is 7.25. The van der Waals surface area contributed by atoms with E-state index < -0.39 is 0 Å². The summed E-state index contributed by atoms with van der Waals surface area (Å²) in [5, 5.41) is 0. The molecule has 0 unspecified atom stereocenters. The number of aryl methyl sites for hydroxylation is 1. The van der Waals surface area contributed by atoms with Crippen LogP contribution in [0.3, 0.4) is 0 Å². The molecule has 0 saturated carbocycles. The molecule has 1 aliphatic rings. The summed E-state index contributed by atoms with van der Waals surface area (Å²) < 4.78 is 7.92. The predicted molar refractivity (Wildman–Crippen MR) is 86.7 cm³/mol. The molecule has 1 aliphatic heterocycles. The van der Waals surface area contributed by atoms with Crippen molar-refractivity contribution in [2.75, 3.05) is 19.7 Å². The fraction of sp³-hybridized carbons (Fsp3) is 0.471. The zero-order valence-electron chi connectivity index (χ0n) is 12.9. The van der Waals surface area contributed by atoms with Gasteiger partial charge in [0, 0.05) is 44.6 Å². The lowest BCUT2D eigenvalue weighted by molar-refractivity contribution is 0.299. The minimum absolute atomic E-state index is 0.336. The number of benzene rings is 1. The molecule has 1 saturated heterocycles. The Bertz CT molecular complexity index is 570. The summed E-state index contributed by atoms with van der Waals surface area (Å²) in [6.45, 7) is 4.70. The van der Waals surface area contributed by atoms with E-state index in [2.05, 4.69) is 32.7 Å². The highest BCUT2D eigenvalue weighted by atomic mass is 16.5. The summed E-state index contributed by atoms with van der Waals surface area (Å²) in [7, 11) is 0. The zero-order chi connectivity index (χ0) is 15.2. The lowest BCUT2D eigenvalue weighted by Crippen LogP contribution is -2.26. The van der Waals surface area contributed by atoms with Crippen LogP contribution in [0.4, 0.5) is 0 Å². The van der Waals surface area contributed by atoms with Gasteiger partial charge in [-0.05, 0) is 30.5 Å². The van der Waals surface area contributed by atoms with Gasteiger partial charge in [0.25, 0.3) is 0 Å². The molecule has 1 fully saturated rings. The van der Waals surface area contributed by atoms with E-state index in [1.165, 1.54) is 5.56 Å². The molecule has 2 heterocycles. The van der Waals surface area contributed by atoms with Crippen LogP contribution in [0.2, 0.25) is 0 Å². The highest BCUT2D eigenvalue weighted by Gasteiger charge is 2.18. The fourth-order valence-electron chi connectivity index (χ4n) is 2.85. The van der Waals surface area contributed by atoms with Crippen LogP contribution < -0.4 is 10.5 Å². The van der Waals surface area contributed by atoms with Gasteiger partial charge in [0.1, 0.15) is 5.75 Å². The Morgan fingerprint density at radius 3 is 3.09 bits per heavy atom. The van der Waals surface area contributed by atoms with Crippen molar-refractivity contribution >= 4 is 0 Å². The number of hydrogen-bond donors (Lipinski definition) is 1. The summed E-state index contributed by atoms with van der Waals surface area (Å²) in [6, 6.07) is 8.72. The molecule has 0 aliphatic carbocycles. The second-order valence-electron chi connectivity index (χ2n) is 5.93. The van der Waals surface area contributed by atoms with Gasteiger partial charge in [0.05, 0.1) is 12.9 Å². The largest absolute Gasteiger partial charge is 0.494 e. The maximum absolute atomic E-state index is 5.96. The quantitative estimate of drug-likeness (QED) is 0.793. The van der Waals surface area contributed by atoms with Gasteiger partial charge >= 0.3 is 0 Å². The molecule has 2 N–H and O–H groups in total. The van der Waals surface area contributed by atoms with Gasteiger partial charge in [-0.2, -0.15) is 0 Å². The van der Waals surface area contributed by atoms with Crippen molar-refractivity contribution in [2.45, 2.75) is 32.0 Å². The first-order valence-electron chi connectivity index (χ1n) is 7.95. The molecule has 0 bridgehead atoms. The second kappa shape index (κ2) is 7.42. The third-order valence-electron chi connectivity index (χ3n) is 4.00. The lowest BCUT2D eigenvalue weighted by Gasteiger charge is -2.16. The second-order valence-corrected chi connectivity index (χ2v) is 5.93. The van der Waals surface area contributed by atoms with Crippen molar-refractivity contribution in [2.24, 2.45) is 5.73 Å². The molecule has 0 radical (unpaired) electrons. The average Bonchev–Trinajstić information content (AvgIpc) is 3.16. The predicted octanol–water partition coefficient (Wildman–Crippen LogP) is 1.89. The molecule has 5 nitrogen and oxygen atoms in total. The van der Waals surface area contributed by atoms with E-state index >= 15 is 0 Å². The van der Waals surface area contributed by atoms with Gasteiger partial charge < -0.3 is 15.0 Å². The summed E-state index contributed by atoms with van der Waals surface area (Å²) in [6.07, 6.45) is 7.68. The van der Waals surface area contributed by atoms with Gasteiger partial charge in [-0.15, -0.1) is 0 Å². The zero-order valence-corrected chi connectivity index (χ0v) is 12.9. The maximum Gasteiger partial charge on any atom is 0.119 e. The Balaban J connectivity index is 1.44. The van der Waals surface area contributed by atoms with E-state index in [0.717, 1.165) is 51.4 Å². The van der Waals surface area contributed by atoms with Crippen LogP contribution in [0.5, 0.6) is 5.75 Å². The summed E-state index contributed by atoms with van der Waals surface area (Å²) in [5.74, 6) is 0.951. The molecule has 5 heteroatoms. The highest BCUT2D eigenvalue weighted by Crippen LogP contribution is 2.17. The van der Waals surface area contributed by atoms with Gasteiger partial charge in [0.2, 0.25) is 0 Å². The number of imidazole rings is 1. The van der Waals surface area contributed by atoms with Crippen LogP contribution in [0.15, 0.2) is 43.0 Å². The Labute approximate surface area is 131 Å². The molecule has 0 amide bonds. The third kappa shape index (κ3) is 4.32. The van der Waals surface area contributed by atoms with Gasteiger partial charge in [-0.25, -0.2) is 4.98 Å². The standard InChI is InChI=1S/C17H24N4O/c18-16-5-8-21(13-16)12-15-3-1-4-17(11-15)22-10-2-7-20-9-6-19-14-20/h1,3-4,6,9,11,14,16H,2,5,7-8,10,12-13,18H2/t16-/m1/s1. The number of likely N-dealkylation sites (tertiary alicyclic amines) is 1. The molecule has 1 aromatic heterocycles. The first-order chi connectivity index (χ1) is 10.8. The number of rotatable bonds is 7. The Morgan fingerprint density at radius 1 is 1.36 bits per heavy atom. The van der Waals surface area contributed by atoms with E-state index in [4.69, 9.17) is 10.5 Å². The molecular weight excluding hydrogens is 276 g/mol. The first-order valence-corrected chi connectivity index (χ1v) is 7.95. The molecule has 1 atom stereocenters. The topological polar surface area (TPSA) is 56.3 Å². The van der Waals surface area contributed by atoms with Crippen LogP contribution in [-0.2, 0) is 13.1 Å². The molecule has 3 rings (SSSR count). The summed E-state index contributed by atoms with van der Waals surface area (Å²) in [4.78, 5) is 6.44. The fourth-order valence-corrected chi connectivity index (χ4v) is 2.85. The number of aromatic nitrogens is 2. The van der Waals surface area contributed by atoms with Crippen molar-refractivity contribution in [3.63, 3.8) is 0 Å². The van der Waals surface area contributed by atoms with Crippen LogP contribution in [0, 0.1) is 0 Å². The third-order valence-corrected chi connectivity index (χ3v) is 4.00. The smallest absolute Gasteiger partial charge is 0.119 e. The van der Waals surface area contributed by atoms with Crippen molar-refractivity contribution in [1.29, 1.82) is 0 Å². The van der Waals surface area contributed by atoms with Gasteiger partial charge in [-0.3, -0.25) is 4.90 Å². The molecule has 2 aromatic rings. The monoisotopic (exact) mass is 300 g/mol. The van der Waals surface area contributed by atoms with E-state index in [-0.39, 0.29) is 0 Å². The van der Waals surface area contributed by atoms with Crippen molar-refractivity contribution in [3.8, 4) is 5.75 Å². The highest BCUT2D eigenvalue weighted by molar-refractivity contribution is 5.28. The lowest BCUT2D eigenvalue weighted by atomic mass is 10.2. The molecule has 118 valence electrons. The van der Waals surface area contributed by atoms with E-state index in [0.29, 0.717) is 6.04 Å². The molecular formula is C17H24N4O. The Kier molecular flexibility index (Phi) is 5.08. The van der Waals surface area contributed by atoms with E-state index in [9.17, 15) is 0 Å². The number of hydrogen-bond acceptors (Lipinski definition) is 4. The van der Waals surface area contributed by atoms with Crippen LogP contribution in [0.1, 0.15) is 18.4 Å². The SMILES string of the molecule is N[C@@H]1CCN(Cc2cccc(OCCCn3ccnc3)c2)C1. The number of nitrogens with zero attached hydrogens (tertiary/aromatic N) is 3. The van der Waals surface area contributed by atoms with Crippen LogP contribution in [0.25, 0.3) is 0 Å². The minimum atomic E-state index is 0.336. The number of nitrogens with two attached hydrogens (primary N) is 1. The van der Waals surface area contributed by atoms with Crippen LogP contribution in [-0.4, -0.2) is 40.2 Å². The van der Waals surface area contributed by atoms with Gasteiger partial charge in [0.15, 0.2) is 0 Å². The molecule has 0 spiro atoms. The summed E-state index contributed by atoms with van der Waals surface area (Å²) >= 11 is 0. The molecule has 1 aromatic carbocycles. The maximum atomic E-state index is 5.96. The van der Waals surface area contributed by atoms with Crippen molar-refractivity contribution in [3.05, 3.63) is 48.5 Å². The number of ether oxygens (including phenoxy) is 1. The average molecular weight is 300 g/mol. The van der Waals surface area contributed by atoms with E-state index in [1.807, 2.05) is 18.6 Å². The van der Waals surface area contributed by atoms with Gasteiger partial charge in [-0.1, -0.05) is 12.1 Å². The Hall–Kier alpha value is -1.85. The minimum Gasteiger partial charge on any atom is -0.494 e. The van der Waals surface area contributed by atoms with Crippen LogP contribution >= 0.6 is 0 Å². The first kappa shape index (κ1) is 15.1. The Morgan fingerprint density at radius 2 is 2.32 bits per heavy atom.